The molecule has 0 radical (unpaired) electrons. The van der Waals surface area contributed by atoms with Crippen LogP contribution in [0.1, 0.15) is 11.3 Å². The van der Waals surface area contributed by atoms with Gasteiger partial charge in [-0.25, -0.2) is 4.68 Å². The fraction of sp³-hybridized carbons (Fsp3) is 0.143. The first kappa shape index (κ1) is 13.3. The van der Waals surface area contributed by atoms with Crippen molar-refractivity contribution in [3.8, 4) is 10.6 Å². The number of nitrogens with zero attached hydrogens (tertiary/aromatic N) is 3. The zero-order valence-electron chi connectivity index (χ0n) is 10.7. The molecule has 2 heterocycles. The first-order chi connectivity index (χ1) is 9.78. The van der Waals surface area contributed by atoms with Gasteiger partial charge in [0.1, 0.15) is 11.4 Å². The van der Waals surface area contributed by atoms with Gasteiger partial charge in [-0.1, -0.05) is 35.0 Å². The van der Waals surface area contributed by atoms with E-state index in [4.69, 9.17) is 17.3 Å². The van der Waals surface area contributed by atoms with Crippen LogP contribution in [-0.2, 0) is 13.1 Å². The summed E-state index contributed by atoms with van der Waals surface area (Å²) in [5.41, 5.74) is 8.70. The minimum atomic E-state index is 0.383. The van der Waals surface area contributed by atoms with Crippen LogP contribution in [-0.4, -0.2) is 15.0 Å². The van der Waals surface area contributed by atoms with Crippen molar-refractivity contribution in [3.05, 3.63) is 58.1 Å². The quantitative estimate of drug-likeness (QED) is 0.805. The van der Waals surface area contributed by atoms with Gasteiger partial charge in [0.15, 0.2) is 0 Å². The summed E-state index contributed by atoms with van der Waals surface area (Å²) in [7, 11) is 0. The summed E-state index contributed by atoms with van der Waals surface area (Å²) in [4.78, 5) is 1.13. The van der Waals surface area contributed by atoms with Crippen LogP contribution in [0.15, 0.2) is 41.8 Å². The highest BCUT2D eigenvalue weighted by atomic mass is 35.5. The maximum atomic E-state index is 5.90. The van der Waals surface area contributed by atoms with Gasteiger partial charge in [-0.05, 0) is 29.1 Å². The Morgan fingerprint density at radius 1 is 1.20 bits per heavy atom. The predicted octanol–water partition coefficient (Wildman–Crippen LogP) is 3.17. The van der Waals surface area contributed by atoms with Crippen molar-refractivity contribution in [1.82, 2.24) is 15.0 Å². The molecular formula is C14H13ClN4S. The molecule has 2 N–H and O–H groups in total. The van der Waals surface area contributed by atoms with Crippen molar-refractivity contribution < 1.29 is 0 Å². The Morgan fingerprint density at radius 2 is 2.00 bits per heavy atom. The van der Waals surface area contributed by atoms with E-state index in [1.807, 2.05) is 40.4 Å². The number of aromatic nitrogens is 3. The van der Waals surface area contributed by atoms with Gasteiger partial charge in [0.2, 0.25) is 0 Å². The van der Waals surface area contributed by atoms with Crippen LogP contribution in [0.25, 0.3) is 10.6 Å². The average Bonchev–Trinajstić information content (AvgIpc) is 3.10. The summed E-state index contributed by atoms with van der Waals surface area (Å²) in [5, 5.41) is 11.2. The highest BCUT2D eigenvalue weighted by molar-refractivity contribution is 7.13. The second kappa shape index (κ2) is 5.75. The lowest BCUT2D eigenvalue weighted by Gasteiger charge is -2.06. The molecule has 0 aliphatic rings. The molecule has 102 valence electrons. The third-order valence-electron chi connectivity index (χ3n) is 3.00. The lowest BCUT2D eigenvalue weighted by Crippen LogP contribution is -2.05. The van der Waals surface area contributed by atoms with Crippen LogP contribution >= 0.6 is 22.9 Å². The fourth-order valence-corrected chi connectivity index (χ4v) is 2.96. The van der Waals surface area contributed by atoms with Crippen molar-refractivity contribution in [3.63, 3.8) is 0 Å². The molecule has 0 unspecified atom stereocenters. The van der Waals surface area contributed by atoms with Gasteiger partial charge in [-0.15, -0.1) is 16.4 Å². The summed E-state index contributed by atoms with van der Waals surface area (Å²) in [6.45, 7) is 1.03. The van der Waals surface area contributed by atoms with Crippen LogP contribution < -0.4 is 5.73 Å². The van der Waals surface area contributed by atoms with Gasteiger partial charge < -0.3 is 5.73 Å². The molecule has 0 atom stereocenters. The molecule has 1 aromatic carbocycles. The smallest absolute Gasteiger partial charge is 0.105 e. The highest BCUT2D eigenvalue weighted by Crippen LogP contribution is 2.27. The van der Waals surface area contributed by atoms with E-state index in [1.165, 1.54) is 0 Å². The van der Waals surface area contributed by atoms with Gasteiger partial charge in [-0.2, -0.15) is 0 Å². The summed E-state index contributed by atoms with van der Waals surface area (Å²) < 4.78 is 1.89. The number of hydrogen-bond acceptors (Lipinski definition) is 4. The molecule has 0 amide bonds. The standard InChI is InChI=1S/C14H13ClN4S/c15-11-5-3-10(4-6-11)9-19-14(12(8-16)17-18-19)13-2-1-7-20-13/h1-7H,8-9,16H2. The largest absolute Gasteiger partial charge is 0.325 e. The number of thiophene rings is 1. The Balaban J connectivity index is 1.98. The molecule has 0 bridgehead atoms. The molecular weight excluding hydrogens is 292 g/mol. The maximum absolute atomic E-state index is 5.90. The highest BCUT2D eigenvalue weighted by Gasteiger charge is 2.14. The van der Waals surface area contributed by atoms with Crippen molar-refractivity contribution >= 4 is 22.9 Å². The Bertz CT molecular complexity index is 689. The molecule has 3 rings (SSSR count). The van der Waals surface area contributed by atoms with E-state index in [1.54, 1.807) is 11.3 Å². The SMILES string of the molecule is NCc1nnn(Cc2ccc(Cl)cc2)c1-c1cccs1. The number of halogens is 1. The van der Waals surface area contributed by atoms with Gasteiger partial charge in [0.25, 0.3) is 0 Å². The normalized spacial score (nSPS) is 10.9. The van der Waals surface area contributed by atoms with Crippen molar-refractivity contribution in [2.75, 3.05) is 0 Å². The first-order valence-corrected chi connectivity index (χ1v) is 7.44. The van der Waals surface area contributed by atoms with Gasteiger partial charge in [0, 0.05) is 11.6 Å². The summed E-state index contributed by atoms with van der Waals surface area (Å²) in [6, 6.07) is 11.8. The summed E-state index contributed by atoms with van der Waals surface area (Å²) >= 11 is 7.56. The molecule has 0 fully saturated rings. The Labute approximate surface area is 125 Å². The molecule has 6 heteroatoms. The van der Waals surface area contributed by atoms with Crippen LogP contribution in [0.3, 0.4) is 0 Å². The van der Waals surface area contributed by atoms with Gasteiger partial charge in [-0.3, -0.25) is 0 Å². The number of benzene rings is 1. The second-order valence-corrected chi connectivity index (χ2v) is 5.73. The minimum Gasteiger partial charge on any atom is -0.325 e. The first-order valence-electron chi connectivity index (χ1n) is 6.18. The third-order valence-corrected chi connectivity index (χ3v) is 4.13. The van der Waals surface area contributed by atoms with E-state index in [-0.39, 0.29) is 0 Å². The second-order valence-electron chi connectivity index (χ2n) is 4.35. The molecule has 0 aliphatic heterocycles. The maximum Gasteiger partial charge on any atom is 0.105 e. The zero-order chi connectivity index (χ0) is 13.9. The topological polar surface area (TPSA) is 56.7 Å². The monoisotopic (exact) mass is 304 g/mol. The zero-order valence-corrected chi connectivity index (χ0v) is 12.2. The van der Waals surface area contributed by atoms with Crippen LogP contribution in [0.2, 0.25) is 5.02 Å². The third kappa shape index (κ3) is 2.60. The summed E-state index contributed by atoms with van der Waals surface area (Å²) in [5.74, 6) is 0. The van der Waals surface area contributed by atoms with E-state index in [2.05, 4.69) is 16.4 Å². The molecule has 0 saturated carbocycles. The fourth-order valence-electron chi connectivity index (χ4n) is 2.04. The molecule has 3 aromatic rings. The van der Waals surface area contributed by atoms with Gasteiger partial charge >= 0.3 is 0 Å². The molecule has 2 aromatic heterocycles. The van der Waals surface area contributed by atoms with Crippen molar-refractivity contribution in [2.24, 2.45) is 5.73 Å². The van der Waals surface area contributed by atoms with Gasteiger partial charge in [0.05, 0.1) is 11.4 Å². The summed E-state index contributed by atoms with van der Waals surface area (Å²) in [6.07, 6.45) is 0. The minimum absolute atomic E-state index is 0.383. The molecule has 0 spiro atoms. The van der Waals surface area contributed by atoms with E-state index in [0.29, 0.717) is 13.1 Å². The lowest BCUT2D eigenvalue weighted by molar-refractivity contribution is 0.655. The van der Waals surface area contributed by atoms with E-state index in [9.17, 15) is 0 Å². The van der Waals surface area contributed by atoms with Crippen LogP contribution in [0, 0.1) is 0 Å². The Kier molecular flexibility index (Phi) is 3.82. The van der Waals surface area contributed by atoms with E-state index in [0.717, 1.165) is 26.9 Å². The van der Waals surface area contributed by atoms with Crippen molar-refractivity contribution in [1.29, 1.82) is 0 Å². The lowest BCUT2D eigenvalue weighted by atomic mass is 10.2. The average molecular weight is 305 g/mol. The van der Waals surface area contributed by atoms with E-state index < -0.39 is 0 Å². The van der Waals surface area contributed by atoms with Crippen molar-refractivity contribution in [2.45, 2.75) is 13.1 Å². The molecule has 0 aliphatic carbocycles. The van der Waals surface area contributed by atoms with E-state index >= 15 is 0 Å². The number of rotatable bonds is 4. The number of nitrogens with two attached hydrogens (primary N) is 1. The molecule has 20 heavy (non-hydrogen) atoms. The Hall–Kier alpha value is -1.69. The predicted molar refractivity (Wildman–Crippen MR) is 81.8 cm³/mol. The number of hydrogen-bond donors (Lipinski definition) is 1. The Morgan fingerprint density at radius 3 is 2.65 bits per heavy atom. The molecule has 4 nitrogen and oxygen atoms in total. The van der Waals surface area contributed by atoms with Crippen LogP contribution in [0.5, 0.6) is 0 Å². The van der Waals surface area contributed by atoms with Crippen LogP contribution in [0.4, 0.5) is 0 Å². The molecule has 0 saturated heterocycles.